The Hall–Kier alpha value is -2.10. The minimum Gasteiger partial charge on any atom is -0.376 e. The van der Waals surface area contributed by atoms with Gasteiger partial charge in [-0.1, -0.05) is 17.4 Å². The van der Waals surface area contributed by atoms with E-state index in [4.69, 9.17) is 0 Å². The Morgan fingerprint density at radius 1 is 1.32 bits per heavy atom. The first kappa shape index (κ1) is 14.8. The third kappa shape index (κ3) is 2.91. The summed E-state index contributed by atoms with van der Waals surface area (Å²) in [6.07, 6.45) is 0. The van der Waals surface area contributed by atoms with Gasteiger partial charge in [0.1, 0.15) is 10.8 Å². The summed E-state index contributed by atoms with van der Waals surface area (Å²) in [5, 5.41) is 25.0. The molecular formula is C13H13N5O2S2. The molecule has 3 aromatic rings. The van der Waals surface area contributed by atoms with Crippen molar-refractivity contribution in [2.75, 3.05) is 5.32 Å². The first-order chi connectivity index (χ1) is 10.4. The highest BCUT2D eigenvalue weighted by Gasteiger charge is 2.33. The summed E-state index contributed by atoms with van der Waals surface area (Å²) in [4.78, 5) is 18.2. The molecule has 0 aliphatic rings. The van der Waals surface area contributed by atoms with Gasteiger partial charge in [0.25, 0.3) is 0 Å². The lowest BCUT2D eigenvalue weighted by Crippen LogP contribution is -2.22. The Labute approximate surface area is 133 Å². The average molecular weight is 335 g/mol. The maximum Gasteiger partial charge on any atom is 0.249 e. The first-order valence-corrected chi connectivity index (χ1v) is 8.10. The van der Waals surface area contributed by atoms with E-state index in [-0.39, 0.29) is 5.56 Å². The molecule has 3 aromatic heterocycles. The van der Waals surface area contributed by atoms with Crippen LogP contribution in [0.1, 0.15) is 22.6 Å². The molecule has 114 valence electrons. The Morgan fingerprint density at radius 3 is 2.82 bits per heavy atom. The Bertz CT molecular complexity index is 852. The summed E-state index contributed by atoms with van der Waals surface area (Å²) in [5.41, 5.74) is -0.648. The zero-order valence-electron chi connectivity index (χ0n) is 11.8. The maximum atomic E-state index is 11.3. The van der Waals surface area contributed by atoms with Crippen LogP contribution in [0.2, 0.25) is 0 Å². The SMILES string of the molecule is Cc1csc(C(C)(O)c2nnc(Nc3cccc(=O)[nH]3)s2)n1. The monoisotopic (exact) mass is 335 g/mol. The summed E-state index contributed by atoms with van der Waals surface area (Å²) in [6.45, 7) is 3.51. The van der Waals surface area contributed by atoms with Crippen LogP contribution < -0.4 is 10.9 Å². The van der Waals surface area contributed by atoms with E-state index in [1.807, 2.05) is 12.3 Å². The van der Waals surface area contributed by atoms with Crippen LogP contribution in [0.4, 0.5) is 10.9 Å². The predicted octanol–water partition coefficient (Wildman–Crippen LogP) is 1.99. The van der Waals surface area contributed by atoms with Crippen LogP contribution in [0, 0.1) is 6.92 Å². The zero-order valence-corrected chi connectivity index (χ0v) is 13.5. The molecule has 0 saturated carbocycles. The number of aryl methyl sites for hydroxylation is 1. The molecule has 1 unspecified atom stereocenters. The standard InChI is InChI=1S/C13H13N5O2S2/c1-7-6-21-10(14-7)13(2,20)11-17-18-12(22-11)16-8-4-3-5-9(19)15-8/h3-6,20H,1-2H3,(H2,15,16,18,19). The normalized spacial score (nSPS) is 13.8. The lowest BCUT2D eigenvalue weighted by atomic mass is 10.1. The van der Waals surface area contributed by atoms with Crippen molar-refractivity contribution in [1.82, 2.24) is 20.2 Å². The molecule has 3 N–H and O–H groups in total. The van der Waals surface area contributed by atoms with Gasteiger partial charge in [-0.05, 0) is 19.9 Å². The lowest BCUT2D eigenvalue weighted by Gasteiger charge is -2.16. The van der Waals surface area contributed by atoms with Crippen LogP contribution in [-0.4, -0.2) is 25.3 Å². The van der Waals surface area contributed by atoms with E-state index in [9.17, 15) is 9.90 Å². The van der Waals surface area contributed by atoms with Crippen molar-refractivity contribution in [2.24, 2.45) is 0 Å². The number of aromatic nitrogens is 4. The minimum atomic E-state index is -1.29. The molecule has 7 nitrogen and oxygen atoms in total. The van der Waals surface area contributed by atoms with Gasteiger partial charge in [-0.3, -0.25) is 4.79 Å². The van der Waals surface area contributed by atoms with Crippen LogP contribution in [0.25, 0.3) is 0 Å². The van der Waals surface area contributed by atoms with E-state index in [0.29, 0.717) is 21.0 Å². The molecule has 0 aliphatic carbocycles. The van der Waals surface area contributed by atoms with Crippen LogP contribution in [-0.2, 0) is 5.60 Å². The number of nitrogens with one attached hydrogen (secondary N) is 2. The second-order valence-corrected chi connectivity index (χ2v) is 6.67. The van der Waals surface area contributed by atoms with E-state index in [1.54, 1.807) is 19.1 Å². The molecule has 22 heavy (non-hydrogen) atoms. The fourth-order valence-electron chi connectivity index (χ4n) is 1.78. The van der Waals surface area contributed by atoms with E-state index in [0.717, 1.165) is 5.69 Å². The van der Waals surface area contributed by atoms with E-state index < -0.39 is 5.60 Å². The highest BCUT2D eigenvalue weighted by Crippen LogP contribution is 2.34. The fraction of sp³-hybridized carbons (Fsp3) is 0.231. The molecule has 0 amide bonds. The summed E-state index contributed by atoms with van der Waals surface area (Å²) in [6, 6.07) is 4.77. The van der Waals surface area contributed by atoms with Crippen LogP contribution in [0.3, 0.4) is 0 Å². The van der Waals surface area contributed by atoms with Gasteiger partial charge in [-0.25, -0.2) is 4.98 Å². The van der Waals surface area contributed by atoms with Crippen molar-refractivity contribution in [3.8, 4) is 0 Å². The molecule has 0 fully saturated rings. The van der Waals surface area contributed by atoms with Gasteiger partial charge < -0.3 is 15.4 Å². The summed E-state index contributed by atoms with van der Waals surface area (Å²) in [7, 11) is 0. The molecule has 3 rings (SSSR count). The highest BCUT2D eigenvalue weighted by molar-refractivity contribution is 7.15. The maximum absolute atomic E-state index is 11.3. The van der Waals surface area contributed by atoms with Gasteiger partial charge in [0, 0.05) is 17.1 Å². The number of hydrogen-bond acceptors (Lipinski definition) is 8. The Kier molecular flexibility index (Phi) is 3.77. The van der Waals surface area contributed by atoms with Crippen molar-refractivity contribution in [2.45, 2.75) is 19.4 Å². The van der Waals surface area contributed by atoms with Gasteiger partial charge in [0.2, 0.25) is 10.7 Å². The van der Waals surface area contributed by atoms with Gasteiger partial charge >= 0.3 is 0 Å². The number of hydrogen-bond donors (Lipinski definition) is 3. The van der Waals surface area contributed by atoms with Crippen molar-refractivity contribution in [3.63, 3.8) is 0 Å². The van der Waals surface area contributed by atoms with Gasteiger partial charge in [-0.15, -0.1) is 21.5 Å². The predicted molar refractivity (Wildman–Crippen MR) is 85.8 cm³/mol. The molecule has 0 aromatic carbocycles. The Morgan fingerprint density at radius 2 is 2.14 bits per heavy atom. The molecule has 0 bridgehead atoms. The number of thiazole rings is 1. The molecule has 0 saturated heterocycles. The summed E-state index contributed by atoms with van der Waals surface area (Å²) < 4.78 is 0. The average Bonchev–Trinajstić information content (AvgIpc) is 3.08. The smallest absolute Gasteiger partial charge is 0.249 e. The zero-order chi connectivity index (χ0) is 15.7. The minimum absolute atomic E-state index is 0.208. The first-order valence-electron chi connectivity index (χ1n) is 6.40. The highest BCUT2D eigenvalue weighted by atomic mass is 32.1. The number of rotatable bonds is 4. The van der Waals surface area contributed by atoms with Crippen molar-refractivity contribution >= 4 is 33.6 Å². The molecule has 0 radical (unpaired) electrons. The quantitative estimate of drug-likeness (QED) is 0.673. The number of H-pyrrole nitrogens is 1. The van der Waals surface area contributed by atoms with E-state index in [2.05, 4.69) is 25.5 Å². The summed E-state index contributed by atoms with van der Waals surface area (Å²) in [5.74, 6) is 0.514. The van der Waals surface area contributed by atoms with Gasteiger partial charge in [0.15, 0.2) is 10.6 Å². The topological polar surface area (TPSA) is 104 Å². The number of aromatic amines is 1. The molecule has 1 atom stereocenters. The third-order valence-electron chi connectivity index (χ3n) is 2.89. The number of anilines is 2. The molecular weight excluding hydrogens is 322 g/mol. The molecule has 9 heteroatoms. The number of aliphatic hydroxyl groups is 1. The van der Waals surface area contributed by atoms with Crippen molar-refractivity contribution < 1.29 is 5.11 Å². The third-order valence-corrected chi connectivity index (χ3v) is 5.11. The Balaban J connectivity index is 1.85. The van der Waals surface area contributed by atoms with E-state index in [1.165, 1.54) is 28.7 Å². The largest absolute Gasteiger partial charge is 0.376 e. The molecule has 0 spiro atoms. The second kappa shape index (κ2) is 5.59. The van der Waals surface area contributed by atoms with Gasteiger partial charge in [0.05, 0.1) is 0 Å². The van der Waals surface area contributed by atoms with Crippen molar-refractivity contribution in [1.29, 1.82) is 0 Å². The fourth-order valence-corrected chi connectivity index (χ4v) is 3.50. The van der Waals surface area contributed by atoms with Gasteiger partial charge in [-0.2, -0.15) is 0 Å². The summed E-state index contributed by atoms with van der Waals surface area (Å²) >= 11 is 2.58. The van der Waals surface area contributed by atoms with E-state index >= 15 is 0 Å². The number of nitrogens with zero attached hydrogens (tertiary/aromatic N) is 3. The van der Waals surface area contributed by atoms with Crippen LogP contribution in [0.5, 0.6) is 0 Å². The number of pyridine rings is 1. The molecule has 0 aliphatic heterocycles. The second-order valence-electron chi connectivity index (χ2n) is 4.83. The molecule has 3 heterocycles. The lowest BCUT2D eigenvalue weighted by molar-refractivity contribution is 0.101. The van der Waals surface area contributed by atoms with Crippen LogP contribution >= 0.6 is 22.7 Å². The van der Waals surface area contributed by atoms with Crippen LogP contribution in [0.15, 0.2) is 28.4 Å². The van der Waals surface area contributed by atoms with Crippen molar-refractivity contribution in [3.05, 3.63) is 49.6 Å².